The first-order chi connectivity index (χ1) is 9.20. The first-order valence-electron chi connectivity index (χ1n) is 5.73. The molecule has 0 spiro atoms. The number of thiazole rings is 1. The number of para-hydroxylation sites is 1. The van der Waals surface area contributed by atoms with Crippen molar-refractivity contribution >= 4 is 28.1 Å². The smallest absolute Gasteiger partial charge is 0.355 e. The van der Waals surface area contributed by atoms with Gasteiger partial charge in [-0.3, -0.25) is 0 Å². The van der Waals surface area contributed by atoms with E-state index in [-0.39, 0.29) is 5.69 Å². The lowest BCUT2D eigenvalue weighted by Gasteiger charge is -2.09. The molecule has 0 amide bonds. The number of aromatic carboxylic acids is 1. The van der Waals surface area contributed by atoms with Gasteiger partial charge in [-0.25, -0.2) is 9.78 Å². The van der Waals surface area contributed by atoms with E-state index < -0.39 is 5.97 Å². The van der Waals surface area contributed by atoms with Gasteiger partial charge in [-0.2, -0.15) is 0 Å². The summed E-state index contributed by atoms with van der Waals surface area (Å²) in [5, 5.41) is 14.1. The number of rotatable bonds is 6. The molecule has 0 radical (unpaired) electrons. The summed E-state index contributed by atoms with van der Waals surface area (Å²) in [6, 6.07) is 7.82. The summed E-state index contributed by atoms with van der Waals surface area (Å²) in [6.07, 6.45) is 0.789. The highest BCUT2D eigenvalue weighted by atomic mass is 32.1. The minimum Gasteiger partial charge on any atom is -0.476 e. The number of hydrogen-bond donors (Lipinski definition) is 2. The SMILES string of the molecule is COCCc1ccccc1Nc1nc(C(=O)O)cs1. The van der Waals surface area contributed by atoms with E-state index in [0.29, 0.717) is 11.7 Å². The molecule has 0 aliphatic rings. The molecule has 0 atom stereocenters. The number of methoxy groups -OCH3 is 1. The molecule has 0 aliphatic carbocycles. The third-order valence-electron chi connectivity index (χ3n) is 2.56. The third kappa shape index (κ3) is 3.52. The van der Waals surface area contributed by atoms with Gasteiger partial charge in [-0.15, -0.1) is 11.3 Å². The topological polar surface area (TPSA) is 71.5 Å². The van der Waals surface area contributed by atoms with Crippen LogP contribution in [0.15, 0.2) is 29.6 Å². The number of hydrogen-bond acceptors (Lipinski definition) is 5. The zero-order chi connectivity index (χ0) is 13.7. The van der Waals surface area contributed by atoms with Crippen molar-refractivity contribution in [2.45, 2.75) is 6.42 Å². The Morgan fingerprint density at radius 2 is 2.26 bits per heavy atom. The van der Waals surface area contributed by atoms with Crippen molar-refractivity contribution in [3.63, 3.8) is 0 Å². The number of aromatic nitrogens is 1. The zero-order valence-corrected chi connectivity index (χ0v) is 11.2. The Kier molecular flexibility index (Phi) is 4.48. The van der Waals surface area contributed by atoms with Crippen LogP contribution in [0.4, 0.5) is 10.8 Å². The zero-order valence-electron chi connectivity index (χ0n) is 10.4. The molecule has 2 N–H and O–H groups in total. The number of nitrogens with zero attached hydrogens (tertiary/aromatic N) is 1. The van der Waals surface area contributed by atoms with Crippen molar-refractivity contribution in [2.24, 2.45) is 0 Å². The van der Waals surface area contributed by atoms with Crippen LogP contribution in [0.1, 0.15) is 16.1 Å². The molecule has 6 heteroatoms. The molecule has 0 saturated heterocycles. The van der Waals surface area contributed by atoms with Crippen LogP contribution in [0.2, 0.25) is 0 Å². The highest BCUT2D eigenvalue weighted by Crippen LogP contribution is 2.24. The standard InChI is InChI=1S/C13H14N2O3S/c1-18-7-6-9-4-2-3-5-10(9)14-13-15-11(8-19-13)12(16)17/h2-5,8H,6-7H2,1H3,(H,14,15)(H,16,17). The fourth-order valence-electron chi connectivity index (χ4n) is 1.62. The van der Waals surface area contributed by atoms with Crippen LogP contribution >= 0.6 is 11.3 Å². The van der Waals surface area contributed by atoms with E-state index in [1.807, 2.05) is 24.3 Å². The number of ether oxygens (including phenoxy) is 1. The second kappa shape index (κ2) is 6.31. The van der Waals surface area contributed by atoms with Gasteiger partial charge in [0, 0.05) is 18.2 Å². The maximum atomic E-state index is 10.8. The highest BCUT2D eigenvalue weighted by Gasteiger charge is 2.09. The van der Waals surface area contributed by atoms with Gasteiger partial charge in [-0.05, 0) is 18.1 Å². The first-order valence-corrected chi connectivity index (χ1v) is 6.61. The van der Waals surface area contributed by atoms with Crippen molar-refractivity contribution in [3.05, 3.63) is 40.9 Å². The summed E-state index contributed by atoms with van der Waals surface area (Å²) in [5.41, 5.74) is 2.09. The number of carbonyl (C=O) groups is 1. The van der Waals surface area contributed by atoms with E-state index in [0.717, 1.165) is 17.7 Å². The Morgan fingerprint density at radius 3 is 2.95 bits per heavy atom. The summed E-state index contributed by atoms with van der Waals surface area (Å²) in [7, 11) is 1.66. The van der Waals surface area contributed by atoms with E-state index in [1.165, 1.54) is 16.7 Å². The van der Waals surface area contributed by atoms with Crippen LogP contribution in [-0.4, -0.2) is 29.8 Å². The van der Waals surface area contributed by atoms with Crippen molar-refractivity contribution in [2.75, 3.05) is 19.0 Å². The minimum atomic E-state index is -1.02. The van der Waals surface area contributed by atoms with Gasteiger partial charge in [0.25, 0.3) is 0 Å². The van der Waals surface area contributed by atoms with Gasteiger partial charge in [0.2, 0.25) is 0 Å². The average Bonchev–Trinajstić information content (AvgIpc) is 2.86. The molecule has 2 aromatic rings. The average molecular weight is 278 g/mol. The molecule has 1 aromatic carbocycles. The lowest BCUT2D eigenvalue weighted by Crippen LogP contribution is -2.01. The van der Waals surface area contributed by atoms with Gasteiger partial charge in [0.1, 0.15) is 0 Å². The monoisotopic (exact) mass is 278 g/mol. The van der Waals surface area contributed by atoms with Crippen LogP contribution in [0.3, 0.4) is 0 Å². The summed E-state index contributed by atoms with van der Waals surface area (Å²) in [6.45, 7) is 0.636. The van der Waals surface area contributed by atoms with Crippen molar-refractivity contribution < 1.29 is 14.6 Å². The Labute approximate surface area is 114 Å². The van der Waals surface area contributed by atoms with Crippen molar-refractivity contribution in [1.29, 1.82) is 0 Å². The van der Waals surface area contributed by atoms with E-state index in [2.05, 4.69) is 10.3 Å². The Bertz CT molecular complexity index is 569. The molecular formula is C13H14N2O3S. The summed E-state index contributed by atoms with van der Waals surface area (Å²) < 4.78 is 5.07. The predicted molar refractivity (Wildman–Crippen MR) is 74.4 cm³/mol. The normalized spacial score (nSPS) is 10.4. The fourth-order valence-corrected chi connectivity index (χ4v) is 2.31. The summed E-state index contributed by atoms with van der Waals surface area (Å²) >= 11 is 1.27. The molecule has 100 valence electrons. The van der Waals surface area contributed by atoms with Crippen LogP contribution < -0.4 is 5.32 Å². The van der Waals surface area contributed by atoms with Crippen LogP contribution in [0, 0.1) is 0 Å². The van der Waals surface area contributed by atoms with E-state index in [4.69, 9.17) is 9.84 Å². The van der Waals surface area contributed by atoms with Crippen LogP contribution in [0.5, 0.6) is 0 Å². The van der Waals surface area contributed by atoms with Crippen molar-refractivity contribution in [3.8, 4) is 0 Å². The van der Waals surface area contributed by atoms with E-state index >= 15 is 0 Å². The summed E-state index contributed by atoms with van der Waals surface area (Å²) in [5.74, 6) is -1.02. The Hall–Kier alpha value is -1.92. The Balaban J connectivity index is 2.15. The molecule has 1 heterocycles. The molecule has 2 rings (SSSR count). The highest BCUT2D eigenvalue weighted by molar-refractivity contribution is 7.14. The maximum absolute atomic E-state index is 10.8. The molecule has 0 bridgehead atoms. The number of anilines is 2. The number of carboxylic acids is 1. The van der Waals surface area contributed by atoms with Gasteiger partial charge < -0.3 is 15.2 Å². The quantitative estimate of drug-likeness (QED) is 0.850. The molecule has 0 unspecified atom stereocenters. The lowest BCUT2D eigenvalue weighted by atomic mass is 10.1. The van der Waals surface area contributed by atoms with Crippen LogP contribution in [-0.2, 0) is 11.2 Å². The number of carboxylic acid groups (broad SMARTS) is 1. The maximum Gasteiger partial charge on any atom is 0.355 e. The molecule has 0 aliphatic heterocycles. The largest absolute Gasteiger partial charge is 0.476 e. The first kappa shape index (κ1) is 13.5. The number of nitrogens with one attached hydrogen (secondary N) is 1. The Morgan fingerprint density at radius 1 is 1.47 bits per heavy atom. The van der Waals surface area contributed by atoms with E-state index in [1.54, 1.807) is 7.11 Å². The van der Waals surface area contributed by atoms with Crippen LogP contribution in [0.25, 0.3) is 0 Å². The van der Waals surface area contributed by atoms with Gasteiger partial charge in [0.05, 0.1) is 6.61 Å². The lowest BCUT2D eigenvalue weighted by molar-refractivity contribution is 0.0691. The molecule has 0 saturated carbocycles. The molecule has 1 aromatic heterocycles. The van der Waals surface area contributed by atoms with Gasteiger partial charge in [-0.1, -0.05) is 18.2 Å². The van der Waals surface area contributed by atoms with Gasteiger partial charge >= 0.3 is 5.97 Å². The molecule has 0 fully saturated rings. The van der Waals surface area contributed by atoms with E-state index in [9.17, 15) is 4.79 Å². The molecule has 5 nitrogen and oxygen atoms in total. The fraction of sp³-hybridized carbons (Fsp3) is 0.231. The number of benzene rings is 1. The summed E-state index contributed by atoms with van der Waals surface area (Å²) in [4.78, 5) is 14.8. The van der Waals surface area contributed by atoms with Crippen molar-refractivity contribution in [1.82, 2.24) is 4.98 Å². The van der Waals surface area contributed by atoms with Gasteiger partial charge in [0.15, 0.2) is 10.8 Å². The second-order valence-electron chi connectivity index (χ2n) is 3.87. The predicted octanol–water partition coefficient (Wildman–Crippen LogP) is 2.77. The third-order valence-corrected chi connectivity index (χ3v) is 3.32. The molecular weight excluding hydrogens is 264 g/mol. The minimum absolute atomic E-state index is 0.0573. The molecule has 19 heavy (non-hydrogen) atoms. The second-order valence-corrected chi connectivity index (χ2v) is 4.73.